The average Bonchev–Trinajstić information content (AvgIpc) is 3.13. The van der Waals surface area contributed by atoms with Gasteiger partial charge in [-0.2, -0.15) is 0 Å². The number of hydrogen-bond acceptors (Lipinski definition) is 6. The number of nitrogens with one attached hydrogen (secondary N) is 2. The number of tetrazole rings is 1. The van der Waals surface area contributed by atoms with Crippen LogP contribution in [0, 0.1) is 5.92 Å². The fourth-order valence-electron chi connectivity index (χ4n) is 3.00. The van der Waals surface area contributed by atoms with E-state index in [9.17, 15) is 4.57 Å². The summed E-state index contributed by atoms with van der Waals surface area (Å²) < 4.78 is 13.0. The van der Waals surface area contributed by atoms with Crippen molar-refractivity contribution in [2.75, 3.05) is 11.5 Å². The lowest BCUT2D eigenvalue weighted by molar-refractivity contribution is 0.323. The molecule has 2 aromatic heterocycles. The van der Waals surface area contributed by atoms with E-state index in [1.54, 1.807) is 0 Å². The van der Waals surface area contributed by atoms with Crippen LogP contribution in [0.15, 0.2) is 6.20 Å². The number of aromatic amines is 1. The fourth-order valence-corrected chi connectivity index (χ4v) is 3.60. The summed E-state index contributed by atoms with van der Waals surface area (Å²) in [7, 11) is -3.92. The van der Waals surface area contributed by atoms with Crippen LogP contribution in [0.25, 0.3) is 11.5 Å². The zero-order valence-electron chi connectivity index (χ0n) is 12.8. The number of anilines is 1. The van der Waals surface area contributed by atoms with Crippen LogP contribution >= 0.6 is 7.60 Å². The molecule has 10 nitrogen and oxygen atoms in total. The summed E-state index contributed by atoms with van der Waals surface area (Å²) in [4.78, 5) is 22.5. The molecule has 0 saturated heterocycles. The van der Waals surface area contributed by atoms with E-state index in [1.165, 1.54) is 0 Å². The number of fused-ring (bicyclic) bond motifs is 1. The minimum Gasteiger partial charge on any atom is -0.353 e. The Hall–Kier alpha value is -1.77. The van der Waals surface area contributed by atoms with Gasteiger partial charge in [0.15, 0.2) is 5.82 Å². The molecule has 0 bridgehead atoms. The molecule has 3 heterocycles. The van der Waals surface area contributed by atoms with E-state index < -0.39 is 7.60 Å². The van der Waals surface area contributed by atoms with Gasteiger partial charge >= 0.3 is 7.60 Å². The van der Waals surface area contributed by atoms with Crippen LogP contribution in [0.4, 0.5) is 5.95 Å². The highest BCUT2D eigenvalue weighted by atomic mass is 31.2. The van der Waals surface area contributed by atoms with Gasteiger partial charge in [-0.1, -0.05) is 6.92 Å². The molecule has 3 rings (SSSR count). The van der Waals surface area contributed by atoms with Crippen molar-refractivity contribution in [1.82, 2.24) is 30.2 Å². The second-order valence-electron chi connectivity index (χ2n) is 5.80. The Morgan fingerprint density at radius 3 is 2.96 bits per heavy atom. The molecule has 4 N–H and O–H groups in total. The Morgan fingerprint density at radius 2 is 2.30 bits per heavy atom. The second-order valence-corrected chi connectivity index (χ2v) is 7.58. The molecule has 1 aliphatic heterocycles. The Bertz CT molecular complexity index is 696. The maximum atomic E-state index is 11.0. The molecule has 2 atom stereocenters. The molecule has 126 valence electrons. The van der Waals surface area contributed by atoms with Gasteiger partial charge in [0.2, 0.25) is 5.95 Å². The lowest BCUT2D eigenvalue weighted by Crippen LogP contribution is -2.37. The third kappa shape index (κ3) is 3.77. The normalized spacial score (nSPS) is 21.0. The van der Waals surface area contributed by atoms with Crippen LogP contribution in [0.3, 0.4) is 0 Å². The smallest absolute Gasteiger partial charge is 0.325 e. The van der Waals surface area contributed by atoms with Crippen LogP contribution in [0.2, 0.25) is 0 Å². The van der Waals surface area contributed by atoms with E-state index in [2.05, 4.69) is 37.8 Å². The summed E-state index contributed by atoms with van der Waals surface area (Å²) in [6.45, 7) is 2.85. The highest BCUT2D eigenvalue weighted by molar-refractivity contribution is 7.51. The topological polar surface area (TPSA) is 142 Å². The van der Waals surface area contributed by atoms with Crippen molar-refractivity contribution in [2.45, 2.75) is 38.8 Å². The van der Waals surface area contributed by atoms with Crippen molar-refractivity contribution < 1.29 is 14.4 Å². The summed E-state index contributed by atoms with van der Waals surface area (Å²) >= 11 is 0. The SMILES string of the molecule is CCC1Nc2nc(-c3nnn[nH]3)cn2CC1CCCP(=O)(O)O. The van der Waals surface area contributed by atoms with Crippen LogP contribution in [0.1, 0.15) is 26.2 Å². The third-order valence-corrected chi connectivity index (χ3v) is 5.04. The number of aromatic nitrogens is 6. The van der Waals surface area contributed by atoms with E-state index in [1.807, 2.05) is 10.8 Å². The summed E-state index contributed by atoms with van der Waals surface area (Å²) in [6, 6.07) is 0.238. The maximum Gasteiger partial charge on any atom is 0.325 e. The van der Waals surface area contributed by atoms with Crippen LogP contribution in [-0.2, 0) is 11.1 Å². The van der Waals surface area contributed by atoms with Gasteiger partial charge in [-0.25, -0.2) is 10.1 Å². The van der Waals surface area contributed by atoms with Gasteiger partial charge < -0.3 is 19.7 Å². The van der Waals surface area contributed by atoms with Crippen molar-refractivity contribution in [2.24, 2.45) is 5.92 Å². The predicted molar refractivity (Wildman–Crippen MR) is 82.7 cm³/mol. The first-order chi connectivity index (χ1) is 11.0. The summed E-state index contributed by atoms with van der Waals surface area (Å²) in [5.41, 5.74) is 0.670. The van der Waals surface area contributed by atoms with Gasteiger partial charge in [-0.3, -0.25) is 4.57 Å². The first-order valence-corrected chi connectivity index (χ1v) is 9.38. The number of hydrogen-bond donors (Lipinski definition) is 4. The Kier molecular flexibility index (Phi) is 4.47. The minimum atomic E-state index is -3.92. The lowest BCUT2D eigenvalue weighted by Gasteiger charge is -2.33. The van der Waals surface area contributed by atoms with Crippen molar-refractivity contribution in [3.63, 3.8) is 0 Å². The Labute approximate surface area is 132 Å². The molecule has 0 radical (unpaired) electrons. The molecule has 0 fully saturated rings. The second kappa shape index (κ2) is 6.38. The molecule has 0 aromatic carbocycles. The van der Waals surface area contributed by atoms with E-state index in [0.717, 1.165) is 25.3 Å². The molecule has 0 saturated carbocycles. The van der Waals surface area contributed by atoms with Crippen molar-refractivity contribution in [3.05, 3.63) is 6.20 Å². The molecule has 0 amide bonds. The molecule has 2 aromatic rings. The van der Waals surface area contributed by atoms with Gasteiger partial charge in [-0.05, 0) is 35.6 Å². The Morgan fingerprint density at radius 1 is 1.48 bits per heavy atom. The van der Waals surface area contributed by atoms with Crippen molar-refractivity contribution in [1.29, 1.82) is 0 Å². The van der Waals surface area contributed by atoms with Gasteiger partial charge in [-0.15, -0.1) is 5.10 Å². The number of H-pyrrole nitrogens is 1. The van der Waals surface area contributed by atoms with Gasteiger partial charge in [0, 0.05) is 24.9 Å². The van der Waals surface area contributed by atoms with E-state index >= 15 is 0 Å². The largest absolute Gasteiger partial charge is 0.353 e. The van der Waals surface area contributed by atoms with Gasteiger partial charge in [0.1, 0.15) is 5.69 Å². The third-order valence-electron chi connectivity index (χ3n) is 4.14. The van der Waals surface area contributed by atoms with Crippen LogP contribution in [-0.4, -0.2) is 52.2 Å². The predicted octanol–water partition coefficient (Wildman–Crippen LogP) is 0.841. The minimum absolute atomic E-state index is 0.0638. The zero-order valence-corrected chi connectivity index (χ0v) is 13.6. The van der Waals surface area contributed by atoms with E-state index in [-0.39, 0.29) is 12.2 Å². The van der Waals surface area contributed by atoms with Gasteiger partial charge in [0.05, 0.1) is 0 Å². The highest BCUT2D eigenvalue weighted by Crippen LogP contribution is 2.37. The lowest BCUT2D eigenvalue weighted by atomic mass is 9.91. The molecule has 1 aliphatic rings. The Balaban J connectivity index is 1.71. The number of rotatable bonds is 6. The molecular weight excluding hydrogens is 321 g/mol. The monoisotopic (exact) mass is 341 g/mol. The molecular formula is C12H20N7O3P. The quantitative estimate of drug-likeness (QED) is 0.566. The fraction of sp³-hybridized carbons (Fsp3) is 0.667. The van der Waals surface area contributed by atoms with Crippen molar-refractivity contribution in [3.8, 4) is 11.5 Å². The van der Waals surface area contributed by atoms with Crippen LogP contribution < -0.4 is 5.32 Å². The highest BCUT2D eigenvalue weighted by Gasteiger charge is 2.29. The van der Waals surface area contributed by atoms with Crippen molar-refractivity contribution >= 4 is 13.5 Å². The first kappa shape index (κ1) is 16.1. The molecule has 11 heteroatoms. The maximum absolute atomic E-state index is 11.0. The zero-order chi connectivity index (χ0) is 16.4. The van der Waals surface area contributed by atoms with Crippen LogP contribution in [0.5, 0.6) is 0 Å². The summed E-state index contributed by atoms with van der Waals surface area (Å²) in [5, 5.41) is 17.0. The standard InChI is InChI=1S/C12H20N7O3P/c1-2-9-8(4-3-5-23(20,21)22)6-19-7-10(14-12(19)13-9)11-15-17-18-16-11/h7-9H,2-6H2,1H3,(H,13,14)(H2,20,21,22)(H,15,16,17,18). The number of nitrogens with zero attached hydrogens (tertiary/aromatic N) is 5. The molecule has 0 spiro atoms. The molecule has 2 unspecified atom stereocenters. The van der Waals surface area contributed by atoms with Gasteiger partial charge in [0.25, 0.3) is 0 Å². The summed E-state index contributed by atoms with van der Waals surface area (Å²) in [5.74, 6) is 1.59. The number of imidazole rings is 1. The average molecular weight is 341 g/mol. The van der Waals surface area contributed by atoms with E-state index in [4.69, 9.17) is 9.79 Å². The van der Waals surface area contributed by atoms with E-state index in [0.29, 0.717) is 23.9 Å². The molecule has 23 heavy (non-hydrogen) atoms. The molecule has 0 aliphatic carbocycles. The first-order valence-electron chi connectivity index (χ1n) is 7.58. The summed E-state index contributed by atoms with van der Waals surface area (Å²) in [6.07, 6.45) is 4.01.